The van der Waals surface area contributed by atoms with Crippen LogP contribution in [0.5, 0.6) is 0 Å². The number of aromatic nitrogens is 2. The summed E-state index contributed by atoms with van der Waals surface area (Å²) in [5.74, 6) is 0.830. The van der Waals surface area contributed by atoms with Crippen LogP contribution in [0.2, 0.25) is 0 Å². The quantitative estimate of drug-likeness (QED) is 0.777. The van der Waals surface area contributed by atoms with Crippen molar-refractivity contribution in [3.05, 3.63) is 42.5 Å². The van der Waals surface area contributed by atoms with Crippen LogP contribution in [-0.4, -0.2) is 16.5 Å². The smallest absolute Gasteiger partial charge is 0.217 e. The lowest BCUT2D eigenvalue weighted by Gasteiger charge is -2.02. The zero-order valence-electron chi connectivity index (χ0n) is 7.98. The minimum absolute atomic E-state index is 0.481. The highest BCUT2D eigenvalue weighted by molar-refractivity contribution is 5.32. The molecule has 0 spiro atoms. The Bertz CT molecular complexity index is 416. The first-order valence-electron chi connectivity index (χ1n) is 4.58. The average molecular weight is 207 g/mol. The lowest BCUT2D eigenvalue weighted by molar-refractivity contribution is 0.512. The summed E-state index contributed by atoms with van der Waals surface area (Å²) in [6, 6.07) is 4.98. The standard InChI is InChI=1S/C10H10FN3O/c11-9-6-10(14-7-13-9)12-4-3-8-2-1-5-15-8/h1-2,5-7H,3-4H2,(H,12,13,14). The van der Waals surface area contributed by atoms with Gasteiger partial charge in [0.1, 0.15) is 17.9 Å². The van der Waals surface area contributed by atoms with Gasteiger partial charge in [-0.15, -0.1) is 0 Å². The number of anilines is 1. The van der Waals surface area contributed by atoms with Crippen LogP contribution in [0.3, 0.4) is 0 Å². The molecule has 1 N–H and O–H groups in total. The van der Waals surface area contributed by atoms with Gasteiger partial charge in [0.15, 0.2) is 0 Å². The van der Waals surface area contributed by atoms with Gasteiger partial charge in [-0.2, -0.15) is 4.39 Å². The summed E-state index contributed by atoms with van der Waals surface area (Å²) in [5.41, 5.74) is 0. The first-order chi connectivity index (χ1) is 7.34. The number of halogens is 1. The summed E-state index contributed by atoms with van der Waals surface area (Å²) in [7, 11) is 0. The van der Waals surface area contributed by atoms with Crippen LogP contribution in [0.4, 0.5) is 10.2 Å². The van der Waals surface area contributed by atoms with Gasteiger partial charge in [0, 0.05) is 19.0 Å². The maximum absolute atomic E-state index is 12.7. The van der Waals surface area contributed by atoms with Gasteiger partial charge in [0.2, 0.25) is 5.95 Å². The SMILES string of the molecule is Fc1cc(NCCc2ccco2)ncn1. The molecule has 0 bridgehead atoms. The van der Waals surface area contributed by atoms with Crippen molar-refractivity contribution in [1.29, 1.82) is 0 Å². The topological polar surface area (TPSA) is 51.0 Å². The normalized spacial score (nSPS) is 10.2. The van der Waals surface area contributed by atoms with E-state index in [2.05, 4.69) is 15.3 Å². The number of nitrogens with zero attached hydrogens (tertiary/aromatic N) is 2. The Balaban J connectivity index is 1.83. The summed E-state index contributed by atoms with van der Waals surface area (Å²) in [6.07, 6.45) is 3.54. The molecular formula is C10H10FN3O. The minimum Gasteiger partial charge on any atom is -0.469 e. The number of hydrogen-bond acceptors (Lipinski definition) is 4. The molecular weight excluding hydrogens is 197 g/mol. The molecule has 0 saturated carbocycles. The van der Waals surface area contributed by atoms with E-state index in [1.54, 1.807) is 6.26 Å². The van der Waals surface area contributed by atoms with Crippen molar-refractivity contribution >= 4 is 5.82 Å². The molecule has 0 radical (unpaired) electrons. The molecule has 2 rings (SSSR count). The van der Waals surface area contributed by atoms with Crippen molar-refractivity contribution in [2.24, 2.45) is 0 Å². The Morgan fingerprint density at radius 3 is 3.07 bits per heavy atom. The van der Waals surface area contributed by atoms with E-state index in [1.807, 2.05) is 12.1 Å². The monoisotopic (exact) mass is 207 g/mol. The summed E-state index contributed by atoms with van der Waals surface area (Å²) in [5, 5.41) is 2.97. The second-order valence-corrected chi connectivity index (χ2v) is 2.98. The van der Waals surface area contributed by atoms with E-state index in [-0.39, 0.29) is 0 Å². The zero-order valence-corrected chi connectivity index (χ0v) is 7.98. The summed E-state index contributed by atoms with van der Waals surface area (Å²) >= 11 is 0. The Kier molecular flexibility index (Phi) is 2.92. The third kappa shape index (κ3) is 2.77. The Labute approximate surface area is 86.2 Å². The van der Waals surface area contributed by atoms with Gasteiger partial charge < -0.3 is 9.73 Å². The van der Waals surface area contributed by atoms with Gasteiger partial charge in [0.25, 0.3) is 0 Å². The van der Waals surface area contributed by atoms with E-state index in [0.717, 1.165) is 12.2 Å². The van der Waals surface area contributed by atoms with Crippen LogP contribution in [0.15, 0.2) is 35.2 Å². The molecule has 0 aliphatic heterocycles. The molecule has 15 heavy (non-hydrogen) atoms. The summed E-state index contributed by atoms with van der Waals surface area (Å²) < 4.78 is 17.8. The second kappa shape index (κ2) is 4.54. The molecule has 4 nitrogen and oxygen atoms in total. The fraction of sp³-hybridized carbons (Fsp3) is 0.200. The molecule has 2 aromatic heterocycles. The predicted octanol–water partition coefficient (Wildman–Crippen LogP) is 1.86. The number of rotatable bonds is 4. The van der Waals surface area contributed by atoms with Gasteiger partial charge in [-0.25, -0.2) is 9.97 Å². The molecule has 0 aromatic carbocycles. The van der Waals surface area contributed by atoms with E-state index in [4.69, 9.17) is 4.42 Å². The van der Waals surface area contributed by atoms with Crippen LogP contribution >= 0.6 is 0 Å². The molecule has 0 fully saturated rings. The van der Waals surface area contributed by atoms with Crippen LogP contribution in [0, 0.1) is 5.95 Å². The largest absolute Gasteiger partial charge is 0.469 e. The molecule has 2 aromatic rings. The number of furan rings is 1. The fourth-order valence-corrected chi connectivity index (χ4v) is 1.20. The van der Waals surface area contributed by atoms with Crippen molar-refractivity contribution in [3.63, 3.8) is 0 Å². The summed E-state index contributed by atoms with van der Waals surface area (Å²) in [6.45, 7) is 0.643. The lowest BCUT2D eigenvalue weighted by atomic mass is 10.3. The van der Waals surface area contributed by atoms with Crippen molar-refractivity contribution in [1.82, 2.24) is 9.97 Å². The van der Waals surface area contributed by atoms with Gasteiger partial charge in [-0.05, 0) is 12.1 Å². The van der Waals surface area contributed by atoms with E-state index in [1.165, 1.54) is 12.4 Å². The van der Waals surface area contributed by atoms with Crippen molar-refractivity contribution < 1.29 is 8.81 Å². The highest BCUT2D eigenvalue weighted by Crippen LogP contribution is 2.04. The Morgan fingerprint density at radius 2 is 2.33 bits per heavy atom. The Hall–Kier alpha value is -1.91. The van der Waals surface area contributed by atoms with Gasteiger partial charge in [-0.1, -0.05) is 0 Å². The highest BCUT2D eigenvalue weighted by Gasteiger charge is 1.98. The fourth-order valence-electron chi connectivity index (χ4n) is 1.20. The first-order valence-corrected chi connectivity index (χ1v) is 4.58. The first kappa shape index (κ1) is 9.64. The van der Waals surface area contributed by atoms with Crippen LogP contribution in [0.1, 0.15) is 5.76 Å². The molecule has 0 aliphatic carbocycles. The molecule has 2 heterocycles. The van der Waals surface area contributed by atoms with E-state index >= 15 is 0 Å². The zero-order chi connectivity index (χ0) is 10.5. The summed E-state index contributed by atoms with van der Waals surface area (Å²) in [4.78, 5) is 7.23. The third-order valence-corrected chi connectivity index (χ3v) is 1.89. The van der Waals surface area contributed by atoms with Crippen LogP contribution in [-0.2, 0) is 6.42 Å². The Morgan fingerprint density at radius 1 is 1.40 bits per heavy atom. The van der Waals surface area contributed by atoms with Gasteiger partial charge >= 0.3 is 0 Å². The van der Waals surface area contributed by atoms with E-state index in [9.17, 15) is 4.39 Å². The molecule has 0 atom stereocenters. The maximum atomic E-state index is 12.7. The lowest BCUT2D eigenvalue weighted by Crippen LogP contribution is -2.06. The third-order valence-electron chi connectivity index (χ3n) is 1.89. The van der Waals surface area contributed by atoms with E-state index in [0.29, 0.717) is 12.4 Å². The van der Waals surface area contributed by atoms with Gasteiger partial charge in [-0.3, -0.25) is 0 Å². The van der Waals surface area contributed by atoms with Crippen LogP contribution in [0.25, 0.3) is 0 Å². The number of nitrogens with one attached hydrogen (secondary N) is 1. The number of hydrogen-bond donors (Lipinski definition) is 1. The second-order valence-electron chi connectivity index (χ2n) is 2.98. The molecule has 0 unspecified atom stereocenters. The molecule has 0 amide bonds. The van der Waals surface area contributed by atoms with Gasteiger partial charge in [0.05, 0.1) is 6.26 Å². The highest BCUT2D eigenvalue weighted by atomic mass is 19.1. The molecule has 78 valence electrons. The van der Waals surface area contributed by atoms with Crippen molar-refractivity contribution in [3.8, 4) is 0 Å². The minimum atomic E-state index is -0.537. The molecule has 0 saturated heterocycles. The van der Waals surface area contributed by atoms with Crippen molar-refractivity contribution in [2.45, 2.75) is 6.42 Å². The average Bonchev–Trinajstić information content (AvgIpc) is 2.71. The predicted molar refractivity (Wildman–Crippen MR) is 52.9 cm³/mol. The maximum Gasteiger partial charge on any atom is 0.217 e. The molecule has 5 heteroatoms. The molecule has 0 aliphatic rings. The van der Waals surface area contributed by atoms with E-state index < -0.39 is 5.95 Å². The van der Waals surface area contributed by atoms with Crippen molar-refractivity contribution in [2.75, 3.05) is 11.9 Å². The van der Waals surface area contributed by atoms with Crippen LogP contribution < -0.4 is 5.32 Å².